The average Bonchev–Trinajstić information content (AvgIpc) is 2.85. The molecule has 1 fully saturated rings. The molecule has 10 heteroatoms. The molecule has 1 aromatic rings. The van der Waals surface area contributed by atoms with Crippen LogP contribution in [0.1, 0.15) is 24.9 Å². The molecule has 28 heavy (non-hydrogen) atoms. The molecule has 1 aromatic carbocycles. The summed E-state index contributed by atoms with van der Waals surface area (Å²) in [6.45, 7) is 1.25. The largest absolute Gasteiger partial charge is 0.434 e. The van der Waals surface area contributed by atoms with Gasteiger partial charge in [0, 0.05) is 12.1 Å². The van der Waals surface area contributed by atoms with Gasteiger partial charge in [-0.05, 0) is 12.5 Å². The monoisotopic (exact) mass is 395 g/mol. The van der Waals surface area contributed by atoms with E-state index < -0.39 is 43.0 Å². The minimum atomic E-state index is -3.03. The van der Waals surface area contributed by atoms with Crippen molar-refractivity contribution in [3.63, 3.8) is 0 Å². The van der Waals surface area contributed by atoms with Gasteiger partial charge in [-0.1, -0.05) is 31.2 Å². The van der Waals surface area contributed by atoms with Gasteiger partial charge in [0.05, 0.1) is 6.04 Å². The highest BCUT2D eigenvalue weighted by atomic mass is 19.3. The molecule has 150 valence electrons. The molecule has 1 unspecified atom stereocenters. The zero-order valence-electron chi connectivity index (χ0n) is 15.1. The van der Waals surface area contributed by atoms with Crippen LogP contribution in [0.5, 0.6) is 5.75 Å². The smallest absolute Gasteiger partial charge is 0.387 e. The van der Waals surface area contributed by atoms with Gasteiger partial charge in [-0.3, -0.25) is 19.3 Å². The molecule has 1 atom stereocenters. The van der Waals surface area contributed by atoms with Crippen LogP contribution in [0.15, 0.2) is 36.9 Å². The third-order valence-corrected chi connectivity index (χ3v) is 4.00. The molecule has 0 saturated carbocycles. The lowest BCUT2D eigenvalue weighted by atomic mass is 10.0. The van der Waals surface area contributed by atoms with E-state index in [9.17, 15) is 28.0 Å². The SMILES string of the molecule is C=CCN1C(=O)C(=O)N(CC(=O)NC(CC)c2ccccc2OC(F)F)C1=O. The first-order valence-electron chi connectivity index (χ1n) is 8.41. The number of rotatable bonds is 9. The van der Waals surface area contributed by atoms with Gasteiger partial charge in [0.1, 0.15) is 12.3 Å². The first-order valence-corrected chi connectivity index (χ1v) is 8.41. The number of urea groups is 1. The average molecular weight is 395 g/mol. The van der Waals surface area contributed by atoms with Crippen LogP contribution in [-0.4, -0.2) is 53.3 Å². The molecule has 0 radical (unpaired) electrons. The molecule has 1 aliphatic rings. The quantitative estimate of drug-likeness (QED) is 0.391. The Bertz CT molecular complexity index is 799. The van der Waals surface area contributed by atoms with E-state index in [0.717, 1.165) is 0 Å². The van der Waals surface area contributed by atoms with Crippen LogP contribution in [0.4, 0.5) is 13.6 Å². The van der Waals surface area contributed by atoms with E-state index in [1.54, 1.807) is 13.0 Å². The van der Waals surface area contributed by atoms with E-state index in [0.29, 0.717) is 21.8 Å². The van der Waals surface area contributed by atoms with Gasteiger partial charge < -0.3 is 10.1 Å². The van der Waals surface area contributed by atoms with Crippen molar-refractivity contribution in [3.05, 3.63) is 42.5 Å². The van der Waals surface area contributed by atoms with Crippen molar-refractivity contribution in [1.82, 2.24) is 15.1 Å². The third kappa shape index (κ3) is 4.51. The maximum atomic E-state index is 12.6. The second-order valence-corrected chi connectivity index (χ2v) is 5.82. The van der Waals surface area contributed by atoms with Crippen molar-refractivity contribution in [1.29, 1.82) is 0 Å². The first kappa shape index (κ1) is 21.0. The summed E-state index contributed by atoms with van der Waals surface area (Å²) < 4.78 is 29.6. The van der Waals surface area contributed by atoms with E-state index in [-0.39, 0.29) is 12.3 Å². The third-order valence-electron chi connectivity index (χ3n) is 4.00. The summed E-state index contributed by atoms with van der Waals surface area (Å²) in [6, 6.07) is 4.36. The van der Waals surface area contributed by atoms with Crippen molar-refractivity contribution in [3.8, 4) is 5.75 Å². The number of benzene rings is 1. The van der Waals surface area contributed by atoms with Crippen molar-refractivity contribution in [2.45, 2.75) is 26.0 Å². The molecule has 2 rings (SSSR count). The highest BCUT2D eigenvalue weighted by Crippen LogP contribution is 2.28. The summed E-state index contributed by atoms with van der Waals surface area (Å²) in [6.07, 6.45) is 1.61. The van der Waals surface area contributed by atoms with Gasteiger partial charge in [0.25, 0.3) is 0 Å². The highest BCUT2D eigenvalue weighted by Gasteiger charge is 2.44. The Labute approximate surface area is 159 Å². The number of carbonyl (C=O) groups is 4. The van der Waals surface area contributed by atoms with Crippen LogP contribution in [-0.2, 0) is 14.4 Å². The fraction of sp³-hybridized carbons (Fsp3) is 0.333. The zero-order valence-corrected chi connectivity index (χ0v) is 15.1. The van der Waals surface area contributed by atoms with E-state index >= 15 is 0 Å². The minimum absolute atomic E-state index is 0.0923. The normalized spacial score (nSPS) is 15.2. The van der Waals surface area contributed by atoms with Crippen LogP contribution >= 0.6 is 0 Å². The number of nitrogens with one attached hydrogen (secondary N) is 1. The summed E-state index contributed by atoms with van der Waals surface area (Å²) >= 11 is 0. The molecule has 0 aliphatic carbocycles. The summed E-state index contributed by atoms with van der Waals surface area (Å²) in [5.74, 6) is -2.98. The Morgan fingerprint density at radius 1 is 1.21 bits per heavy atom. The van der Waals surface area contributed by atoms with Crippen molar-refractivity contribution in [2.24, 2.45) is 0 Å². The maximum absolute atomic E-state index is 12.6. The number of halogens is 2. The number of imide groups is 2. The summed E-state index contributed by atoms with van der Waals surface area (Å²) in [7, 11) is 0. The van der Waals surface area contributed by atoms with Crippen LogP contribution < -0.4 is 10.1 Å². The summed E-state index contributed by atoms with van der Waals surface area (Å²) in [5.41, 5.74) is 0.321. The Morgan fingerprint density at radius 2 is 1.86 bits per heavy atom. The Morgan fingerprint density at radius 3 is 2.46 bits per heavy atom. The van der Waals surface area contributed by atoms with Crippen LogP contribution in [0, 0.1) is 0 Å². The lowest BCUT2D eigenvalue weighted by molar-refractivity contribution is -0.143. The Balaban J connectivity index is 2.11. The van der Waals surface area contributed by atoms with E-state index in [4.69, 9.17) is 0 Å². The van der Waals surface area contributed by atoms with Gasteiger partial charge in [0.15, 0.2) is 0 Å². The van der Waals surface area contributed by atoms with Crippen LogP contribution in [0.25, 0.3) is 0 Å². The predicted octanol–water partition coefficient (Wildman–Crippen LogP) is 1.83. The van der Waals surface area contributed by atoms with Gasteiger partial charge in [-0.2, -0.15) is 8.78 Å². The molecule has 0 spiro atoms. The lowest BCUT2D eigenvalue weighted by Gasteiger charge is -2.21. The van der Waals surface area contributed by atoms with Crippen molar-refractivity contribution < 1.29 is 32.7 Å². The van der Waals surface area contributed by atoms with E-state index in [2.05, 4.69) is 16.6 Å². The van der Waals surface area contributed by atoms with Crippen LogP contribution in [0.2, 0.25) is 0 Å². The predicted molar refractivity (Wildman–Crippen MR) is 93.3 cm³/mol. The molecular weight excluding hydrogens is 376 g/mol. The standard InChI is InChI=1S/C18H19F2N3O5/c1-3-9-22-15(25)16(26)23(18(22)27)10-14(24)21-12(4-2)11-7-5-6-8-13(11)28-17(19)20/h3,5-8,12,17H,1,4,9-10H2,2H3,(H,21,24). The number of amides is 5. The molecule has 0 bridgehead atoms. The molecule has 1 saturated heterocycles. The molecule has 1 aliphatic heterocycles. The molecule has 1 N–H and O–H groups in total. The molecular formula is C18H19F2N3O5. The van der Waals surface area contributed by atoms with Gasteiger partial charge in [0.2, 0.25) is 5.91 Å². The molecule has 5 amide bonds. The molecule has 1 heterocycles. The lowest BCUT2D eigenvalue weighted by Crippen LogP contribution is -2.42. The molecule has 8 nitrogen and oxygen atoms in total. The zero-order chi connectivity index (χ0) is 20.8. The topological polar surface area (TPSA) is 96.0 Å². The van der Waals surface area contributed by atoms with Gasteiger partial charge >= 0.3 is 24.5 Å². The Kier molecular flexibility index (Phi) is 6.80. The minimum Gasteiger partial charge on any atom is -0.434 e. The van der Waals surface area contributed by atoms with Gasteiger partial charge in [-0.25, -0.2) is 9.69 Å². The number of ether oxygens (including phenoxy) is 1. The second kappa shape index (κ2) is 9.07. The fourth-order valence-electron chi connectivity index (χ4n) is 2.73. The van der Waals surface area contributed by atoms with Crippen molar-refractivity contribution in [2.75, 3.05) is 13.1 Å². The highest BCUT2D eigenvalue weighted by molar-refractivity contribution is 6.45. The van der Waals surface area contributed by atoms with E-state index in [1.807, 2.05) is 0 Å². The maximum Gasteiger partial charge on any atom is 0.387 e. The number of para-hydroxylation sites is 1. The number of carbonyl (C=O) groups excluding carboxylic acids is 4. The number of alkyl halides is 2. The van der Waals surface area contributed by atoms with E-state index in [1.165, 1.54) is 24.3 Å². The summed E-state index contributed by atoms with van der Waals surface area (Å²) in [4.78, 5) is 49.4. The summed E-state index contributed by atoms with van der Waals surface area (Å²) in [5, 5.41) is 2.57. The first-order chi connectivity index (χ1) is 13.3. The van der Waals surface area contributed by atoms with Crippen LogP contribution in [0.3, 0.4) is 0 Å². The molecule has 0 aromatic heterocycles. The number of nitrogens with zero attached hydrogens (tertiary/aromatic N) is 2. The van der Waals surface area contributed by atoms with Crippen molar-refractivity contribution >= 4 is 23.8 Å². The second-order valence-electron chi connectivity index (χ2n) is 5.82. The Hall–Kier alpha value is -3.30. The van der Waals surface area contributed by atoms with Gasteiger partial charge in [-0.15, -0.1) is 6.58 Å². The fourth-order valence-corrected chi connectivity index (χ4v) is 2.73. The number of hydrogen-bond donors (Lipinski definition) is 1. The number of hydrogen-bond acceptors (Lipinski definition) is 5.